The van der Waals surface area contributed by atoms with Gasteiger partial charge >= 0.3 is 5.69 Å². The van der Waals surface area contributed by atoms with Gasteiger partial charge in [0, 0.05) is 31.1 Å². The van der Waals surface area contributed by atoms with E-state index in [0.717, 1.165) is 9.44 Å². The van der Waals surface area contributed by atoms with Crippen LogP contribution in [-0.2, 0) is 18.9 Å². The molecule has 7 heteroatoms. The average Bonchev–Trinajstić information content (AvgIpc) is 2.93. The number of aromatic nitrogens is 2. The van der Waals surface area contributed by atoms with E-state index >= 15 is 0 Å². The molecule has 1 amide bonds. The van der Waals surface area contributed by atoms with E-state index in [-0.39, 0.29) is 5.82 Å². The summed E-state index contributed by atoms with van der Waals surface area (Å²) in [6, 6.07) is 4.97. The number of nitrogens with zero attached hydrogens (tertiary/aromatic N) is 2. The zero-order valence-corrected chi connectivity index (χ0v) is 11.8. The maximum atomic E-state index is 11.7. The lowest BCUT2D eigenvalue weighted by molar-refractivity contribution is -0.111. The molecular formula is C13H13N3O3S. The average molecular weight is 291 g/mol. The molecule has 0 bridgehead atoms. The van der Waals surface area contributed by atoms with Gasteiger partial charge in [-0.05, 0) is 17.5 Å². The van der Waals surface area contributed by atoms with E-state index in [2.05, 4.69) is 5.32 Å². The molecule has 0 fully saturated rings. The van der Waals surface area contributed by atoms with Crippen molar-refractivity contribution >= 4 is 29.1 Å². The molecule has 2 heterocycles. The van der Waals surface area contributed by atoms with Crippen LogP contribution in [0.3, 0.4) is 0 Å². The molecule has 0 aliphatic rings. The number of hydrogen-bond acceptors (Lipinski definition) is 4. The van der Waals surface area contributed by atoms with Crippen LogP contribution in [-0.4, -0.2) is 15.0 Å². The Labute approximate surface area is 118 Å². The fourth-order valence-corrected chi connectivity index (χ4v) is 2.18. The molecule has 0 aliphatic carbocycles. The van der Waals surface area contributed by atoms with Gasteiger partial charge in [0.05, 0.1) is 0 Å². The maximum Gasteiger partial charge on any atom is 0.332 e. The highest BCUT2D eigenvalue weighted by Crippen LogP contribution is 2.10. The Hall–Kier alpha value is -2.41. The first-order valence-corrected chi connectivity index (χ1v) is 6.66. The third-order valence-electron chi connectivity index (χ3n) is 2.72. The van der Waals surface area contributed by atoms with Crippen LogP contribution < -0.4 is 16.6 Å². The summed E-state index contributed by atoms with van der Waals surface area (Å²) in [5.41, 5.74) is -0.958. The van der Waals surface area contributed by atoms with E-state index in [1.807, 2.05) is 17.5 Å². The summed E-state index contributed by atoms with van der Waals surface area (Å²) in [5, 5.41) is 4.41. The maximum absolute atomic E-state index is 11.7. The molecule has 0 spiro atoms. The number of carbonyl (C=O) groups excluding carboxylic acids is 1. The predicted octanol–water partition coefficient (Wildman–Crippen LogP) is 0.797. The van der Waals surface area contributed by atoms with Crippen molar-refractivity contribution < 1.29 is 4.79 Å². The topological polar surface area (TPSA) is 73.1 Å². The number of anilines is 1. The summed E-state index contributed by atoms with van der Waals surface area (Å²) in [6.07, 6.45) is 3.02. The number of rotatable bonds is 3. The molecule has 0 radical (unpaired) electrons. The van der Waals surface area contributed by atoms with Crippen molar-refractivity contribution in [2.45, 2.75) is 0 Å². The second-order valence-corrected chi connectivity index (χ2v) is 5.09. The molecule has 0 aliphatic heterocycles. The first kappa shape index (κ1) is 14.0. The molecule has 104 valence electrons. The minimum atomic E-state index is -0.491. The predicted molar refractivity (Wildman–Crippen MR) is 78.9 cm³/mol. The number of nitrogens with one attached hydrogen (secondary N) is 1. The fraction of sp³-hybridized carbons (Fsp3) is 0.154. The van der Waals surface area contributed by atoms with Gasteiger partial charge < -0.3 is 5.32 Å². The van der Waals surface area contributed by atoms with E-state index in [1.54, 1.807) is 6.08 Å². The number of thiophene rings is 1. The van der Waals surface area contributed by atoms with Crippen LogP contribution in [0.5, 0.6) is 0 Å². The Morgan fingerprint density at radius 3 is 2.70 bits per heavy atom. The minimum Gasteiger partial charge on any atom is -0.308 e. The number of carbonyl (C=O) groups is 1. The van der Waals surface area contributed by atoms with Gasteiger partial charge in [0.2, 0.25) is 5.91 Å². The van der Waals surface area contributed by atoms with Gasteiger partial charge in [0.1, 0.15) is 5.82 Å². The molecule has 2 rings (SSSR count). The molecule has 0 atom stereocenters. The SMILES string of the molecule is Cn1c(NC(=O)C=Cc2cccs2)cc(=O)n(C)c1=O. The lowest BCUT2D eigenvalue weighted by Gasteiger charge is -2.09. The van der Waals surface area contributed by atoms with Gasteiger partial charge in [-0.2, -0.15) is 0 Å². The highest BCUT2D eigenvalue weighted by Gasteiger charge is 2.07. The van der Waals surface area contributed by atoms with E-state index in [0.29, 0.717) is 0 Å². The van der Waals surface area contributed by atoms with Crippen molar-refractivity contribution in [3.63, 3.8) is 0 Å². The van der Waals surface area contributed by atoms with Gasteiger partial charge in [0.25, 0.3) is 5.56 Å². The summed E-state index contributed by atoms with van der Waals surface area (Å²) < 4.78 is 2.18. The normalized spacial score (nSPS) is 10.9. The summed E-state index contributed by atoms with van der Waals surface area (Å²) in [6.45, 7) is 0. The fourth-order valence-electron chi connectivity index (χ4n) is 1.56. The molecule has 2 aromatic heterocycles. The van der Waals surface area contributed by atoms with Crippen LogP contribution in [0, 0.1) is 0 Å². The molecule has 0 saturated heterocycles. The molecule has 20 heavy (non-hydrogen) atoms. The molecule has 0 aromatic carbocycles. The monoisotopic (exact) mass is 291 g/mol. The highest BCUT2D eigenvalue weighted by atomic mass is 32.1. The summed E-state index contributed by atoms with van der Waals surface area (Å²) in [5.74, 6) is -0.236. The standard InChI is InChI=1S/C13H13N3O3S/c1-15-10(8-12(18)16(2)13(15)19)14-11(17)6-5-9-4-3-7-20-9/h3-8H,1-2H3,(H,14,17). The Kier molecular flexibility index (Phi) is 3.99. The van der Waals surface area contributed by atoms with Gasteiger partial charge in [-0.3, -0.25) is 18.7 Å². The summed E-state index contributed by atoms with van der Waals surface area (Å²) >= 11 is 1.51. The Bertz CT molecular complexity index is 769. The van der Waals surface area contributed by atoms with Gasteiger partial charge in [0.15, 0.2) is 0 Å². The largest absolute Gasteiger partial charge is 0.332 e. The lowest BCUT2D eigenvalue weighted by atomic mass is 10.4. The van der Waals surface area contributed by atoms with Crippen LogP contribution in [0.1, 0.15) is 4.88 Å². The third-order valence-corrected chi connectivity index (χ3v) is 3.56. The zero-order chi connectivity index (χ0) is 14.7. The van der Waals surface area contributed by atoms with Crippen molar-refractivity contribution in [1.82, 2.24) is 9.13 Å². The summed E-state index contributed by atoms with van der Waals surface area (Å²) in [7, 11) is 2.87. The van der Waals surface area contributed by atoms with Crippen LogP contribution in [0.15, 0.2) is 39.2 Å². The molecule has 1 N–H and O–H groups in total. The first-order chi connectivity index (χ1) is 9.49. The minimum absolute atomic E-state index is 0.166. The summed E-state index contributed by atoms with van der Waals surface area (Å²) in [4.78, 5) is 35.9. The van der Waals surface area contributed by atoms with Crippen LogP contribution in [0.4, 0.5) is 5.82 Å². The highest BCUT2D eigenvalue weighted by molar-refractivity contribution is 7.10. The quantitative estimate of drug-likeness (QED) is 0.850. The van der Waals surface area contributed by atoms with Crippen LogP contribution in [0.2, 0.25) is 0 Å². The third kappa shape index (κ3) is 2.94. The molecule has 2 aromatic rings. The molecule has 0 saturated carbocycles. The lowest BCUT2D eigenvalue weighted by Crippen LogP contribution is -2.37. The van der Waals surface area contributed by atoms with E-state index < -0.39 is 17.2 Å². The molecule has 0 unspecified atom stereocenters. The number of hydrogen-bond donors (Lipinski definition) is 1. The zero-order valence-electron chi connectivity index (χ0n) is 11.0. The van der Waals surface area contributed by atoms with Crippen LogP contribution in [0.25, 0.3) is 6.08 Å². The second-order valence-electron chi connectivity index (χ2n) is 4.11. The second kappa shape index (κ2) is 5.70. The van der Waals surface area contributed by atoms with E-state index in [1.165, 1.54) is 42.1 Å². The van der Waals surface area contributed by atoms with E-state index in [9.17, 15) is 14.4 Å². The van der Waals surface area contributed by atoms with Gasteiger partial charge in [-0.1, -0.05) is 6.07 Å². The van der Waals surface area contributed by atoms with E-state index in [4.69, 9.17) is 0 Å². The van der Waals surface area contributed by atoms with Crippen molar-refractivity contribution in [2.24, 2.45) is 14.1 Å². The number of amides is 1. The Morgan fingerprint density at radius 2 is 2.05 bits per heavy atom. The molecular weight excluding hydrogens is 278 g/mol. The van der Waals surface area contributed by atoms with Crippen molar-refractivity contribution in [2.75, 3.05) is 5.32 Å². The van der Waals surface area contributed by atoms with Crippen molar-refractivity contribution in [1.29, 1.82) is 0 Å². The molecule has 6 nitrogen and oxygen atoms in total. The first-order valence-electron chi connectivity index (χ1n) is 5.78. The van der Waals surface area contributed by atoms with Crippen LogP contribution >= 0.6 is 11.3 Å². The van der Waals surface area contributed by atoms with Gasteiger partial charge in [-0.25, -0.2) is 4.79 Å². The Balaban J connectivity index is 2.21. The van der Waals surface area contributed by atoms with Crippen molar-refractivity contribution in [3.05, 3.63) is 55.4 Å². The Morgan fingerprint density at radius 1 is 1.30 bits per heavy atom. The smallest absolute Gasteiger partial charge is 0.308 e. The van der Waals surface area contributed by atoms with Gasteiger partial charge in [-0.15, -0.1) is 11.3 Å². The van der Waals surface area contributed by atoms with Crippen molar-refractivity contribution in [3.8, 4) is 0 Å².